The van der Waals surface area contributed by atoms with Crippen molar-refractivity contribution in [2.24, 2.45) is 0 Å². The Morgan fingerprint density at radius 1 is 0.393 bits per heavy atom. The van der Waals surface area contributed by atoms with E-state index in [1.807, 2.05) is 136 Å². The van der Waals surface area contributed by atoms with Gasteiger partial charge in [0.1, 0.15) is 0 Å². The van der Waals surface area contributed by atoms with Crippen LogP contribution in [0.25, 0.3) is 88.1 Å². The van der Waals surface area contributed by atoms with Crippen molar-refractivity contribution in [3.8, 4) is 44.5 Å². The van der Waals surface area contributed by atoms with E-state index in [4.69, 9.17) is 42.5 Å². The summed E-state index contributed by atoms with van der Waals surface area (Å²) in [5.74, 6) is -1.46. The van der Waals surface area contributed by atoms with E-state index in [0.29, 0.717) is 29.7 Å². The fourth-order valence-electron chi connectivity index (χ4n) is 9.93. The Labute approximate surface area is 496 Å². The average Bonchev–Trinajstić information content (AvgIpc) is 4.20. The largest absolute Gasteiger partial charge is 0.481 e. The number of rotatable bonds is 14. The molecule has 0 atom stereocenters. The number of esters is 3. The first-order valence-corrected chi connectivity index (χ1v) is 28.2. The molecule has 0 aliphatic heterocycles. The van der Waals surface area contributed by atoms with E-state index >= 15 is 0 Å². The molecule has 5 N–H and O–H groups in total. The van der Waals surface area contributed by atoms with Crippen LogP contribution in [0.3, 0.4) is 0 Å². The van der Waals surface area contributed by atoms with Crippen LogP contribution in [0.4, 0.5) is 0 Å². The van der Waals surface area contributed by atoms with E-state index in [2.05, 4.69) is 99.7 Å². The number of H-pyrrole nitrogens is 4. The van der Waals surface area contributed by atoms with Crippen LogP contribution < -0.4 is 0 Å². The number of benzene rings is 8. The van der Waals surface area contributed by atoms with Gasteiger partial charge in [0.15, 0.2) is 0 Å². The molecule has 0 radical (unpaired) electrons. The number of aromatic nitrogens is 4. The van der Waals surface area contributed by atoms with E-state index in [-0.39, 0.29) is 37.2 Å². The number of fused-ring (bicyclic) bond motifs is 4. The van der Waals surface area contributed by atoms with Crippen molar-refractivity contribution in [2.45, 2.75) is 46.5 Å². The van der Waals surface area contributed by atoms with Crippen LogP contribution in [0.5, 0.6) is 0 Å². The zero-order valence-corrected chi connectivity index (χ0v) is 48.4. The number of ether oxygens (including phenoxy) is 3. The van der Waals surface area contributed by atoms with Crippen LogP contribution in [0.1, 0.15) is 41.7 Å². The van der Waals surface area contributed by atoms with Gasteiger partial charge in [0.2, 0.25) is 0 Å². The number of aryl methyl sites for hydroxylation is 1. The summed E-state index contributed by atoms with van der Waals surface area (Å²) >= 11 is 12.1. The van der Waals surface area contributed by atoms with E-state index in [9.17, 15) is 19.2 Å². The van der Waals surface area contributed by atoms with Crippen molar-refractivity contribution < 1.29 is 38.5 Å². The maximum absolute atomic E-state index is 11.7. The molecule has 4 aromatic heterocycles. The van der Waals surface area contributed by atoms with Gasteiger partial charge in [-0.25, -0.2) is 0 Å². The van der Waals surface area contributed by atoms with Gasteiger partial charge in [0.25, 0.3) is 0 Å². The summed E-state index contributed by atoms with van der Waals surface area (Å²) in [6.45, 7) is 6.53. The number of carboxylic acids is 1. The van der Waals surface area contributed by atoms with Gasteiger partial charge in [0, 0.05) is 78.4 Å². The number of aliphatic carboxylic acids is 1. The standard InChI is InChI=1S/C19H19NO2.C18H16ClNO2.C17H15NO2.C16H12ClNO2/c1-3-22-19(21)11-16-12-20-18-8-7-15(10-17(16)18)14-6-4-5-13(2)9-14;1-2-22-18(21)10-14-11-20-17-7-6-13(9-16(14)17)12-4-3-5-15(19)8-12;1-20-17(19)10-14-11-18-16-8-7-13(9-15(14)16)12-5-3-2-4-6-12;17-13-3-1-2-10(6-13)11-4-5-15-14(7-11)12(9-18-15)8-16(19)20/h4-10,12,20H,3,11H2,1-2H3;3-9,11,20H,2,10H2,1H3;2-9,11,18H,10H2,1H3;1-7,9,18H,8H2,(H,19,20). The molecule has 0 amide bonds. The third-order valence-electron chi connectivity index (χ3n) is 14.0. The minimum absolute atomic E-state index is 0.0129. The lowest BCUT2D eigenvalue weighted by molar-refractivity contribution is -0.143. The molecule has 12 nitrogen and oxygen atoms in total. The predicted octanol–water partition coefficient (Wildman–Crippen LogP) is 16.5. The van der Waals surface area contributed by atoms with Gasteiger partial charge in [0.05, 0.1) is 46.0 Å². The fraction of sp³-hybridized carbons (Fsp3) is 0.143. The second-order valence-electron chi connectivity index (χ2n) is 19.8. The van der Waals surface area contributed by atoms with Crippen molar-refractivity contribution in [1.29, 1.82) is 0 Å². The van der Waals surface area contributed by atoms with Gasteiger partial charge < -0.3 is 39.3 Å². The number of carbonyl (C=O) groups excluding carboxylic acids is 3. The Balaban J connectivity index is 0.000000134. The number of aromatic amines is 4. The molecule has 12 rings (SSSR count). The average molecular weight is 1160 g/mol. The molecule has 0 spiro atoms. The highest BCUT2D eigenvalue weighted by molar-refractivity contribution is 6.31. The SMILES string of the molecule is CCOC(=O)Cc1c[nH]c2ccc(-c3cccc(C)c3)cc12.CCOC(=O)Cc1c[nH]c2ccc(-c3cccc(Cl)c3)cc12.COC(=O)Cc1c[nH]c2ccc(-c3ccccc3)cc12.O=C(O)Cc1c[nH]c2ccc(-c3cccc(Cl)c3)cc12. The summed E-state index contributed by atoms with van der Waals surface area (Å²) < 4.78 is 14.8. The Bertz CT molecular complexity index is 4130. The molecule has 0 saturated heterocycles. The minimum atomic E-state index is -0.834. The number of hydrogen-bond acceptors (Lipinski definition) is 7. The zero-order chi connectivity index (χ0) is 59.1. The van der Waals surface area contributed by atoms with Crippen molar-refractivity contribution in [1.82, 2.24) is 19.9 Å². The lowest BCUT2D eigenvalue weighted by Gasteiger charge is -2.05. The highest BCUT2D eigenvalue weighted by Crippen LogP contribution is 2.32. The highest BCUT2D eigenvalue weighted by atomic mass is 35.5. The maximum Gasteiger partial charge on any atom is 0.310 e. The summed E-state index contributed by atoms with van der Waals surface area (Å²) in [4.78, 5) is 58.4. The van der Waals surface area contributed by atoms with Gasteiger partial charge >= 0.3 is 23.9 Å². The summed E-state index contributed by atoms with van der Waals surface area (Å²) in [5.41, 5.74) is 17.7. The molecular weight excluding hydrogens is 1100 g/mol. The molecule has 0 bridgehead atoms. The molecule has 8 aromatic carbocycles. The highest BCUT2D eigenvalue weighted by Gasteiger charge is 2.15. The summed E-state index contributed by atoms with van der Waals surface area (Å²) in [6.07, 6.45) is 8.24. The number of hydrogen-bond donors (Lipinski definition) is 5. The number of methoxy groups -OCH3 is 1. The third-order valence-corrected chi connectivity index (χ3v) is 14.5. The van der Waals surface area contributed by atoms with Crippen LogP contribution >= 0.6 is 23.2 Å². The second-order valence-corrected chi connectivity index (χ2v) is 20.7. The Morgan fingerprint density at radius 2 is 0.726 bits per heavy atom. The zero-order valence-electron chi connectivity index (χ0n) is 46.9. The smallest absolute Gasteiger partial charge is 0.310 e. The van der Waals surface area contributed by atoms with Crippen LogP contribution in [-0.4, -0.2) is 69.2 Å². The van der Waals surface area contributed by atoms with Gasteiger partial charge in [-0.3, -0.25) is 19.2 Å². The quantitative estimate of drug-likeness (QED) is 0.0527. The molecule has 424 valence electrons. The van der Waals surface area contributed by atoms with Gasteiger partial charge in [-0.05, 0) is 160 Å². The van der Waals surface area contributed by atoms with Gasteiger partial charge in [-0.1, -0.05) is 132 Å². The predicted molar refractivity (Wildman–Crippen MR) is 337 cm³/mol. The number of carboxylic acid groups (broad SMARTS) is 1. The van der Waals surface area contributed by atoms with E-state index < -0.39 is 5.97 Å². The Kier molecular flexibility index (Phi) is 19.6. The molecule has 0 aliphatic carbocycles. The lowest BCUT2D eigenvalue weighted by Crippen LogP contribution is -2.06. The molecule has 4 heterocycles. The number of carbonyl (C=O) groups is 4. The minimum Gasteiger partial charge on any atom is -0.481 e. The Hall–Kier alpha value is -9.62. The van der Waals surface area contributed by atoms with Crippen LogP contribution in [0.15, 0.2) is 201 Å². The monoisotopic (exact) mass is 1160 g/mol. The van der Waals surface area contributed by atoms with Crippen LogP contribution in [-0.2, 0) is 59.1 Å². The summed E-state index contributed by atoms with van der Waals surface area (Å²) in [5, 5.41) is 14.4. The molecule has 12 aromatic rings. The van der Waals surface area contributed by atoms with Crippen molar-refractivity contribution >= 4 is 90.7 Å². The lowest BCUT2D eigenvalue weighted by atomic mass is 10.0. The van der Waals surface area contributed by atoms with Crippen molar-refractivity contribution in [2.75, 3.05) is 20.3 Å². The van der Waals surface area contributed by atoms with E-state index in [1.54, 1.807) is 6.20 Å². The second kappa shape index (κ2) is 27.9. The van der Waals surface area contributed by atoms with E-state index in [1.165, 1.54) is 23.8 Å². The van der Waals surface area contributed by atoms with Crippen molar-refractivity contribution in [3.63, 3.8) is 0 Å². The topological polar surface area (TPSA) is 179 Å². The number of halogens is 2. The van der Waals surface area contributed by atoms with Crippen LogP contribution in [0.2, 0.25) is 10.0 Å². The van der Waals surface area contributed by atoms with Crippen LogP contribution in [0, 0.1) is 6.92 Å². The van der Waals surface area contributed by atoms with E-state index in [0.717, 1.165) is 99.2 Å². The summed E-state index contributed by atoms with van der Waals surface area (Å²) in [7, 11) is 1.41. The van der Waals surface area contributed by atoms with Crippen molar-refractivity contribution in [3.05, 3.63) is 239 Å². The normalized spacial score (nSPS) is 10.8. The third kappa shape index (κ3) is 15.1. The molecule has 0 unspecified atom stereocenters. The fourth-order valence-corrected chi connectivity index (χ4v) is 10.3. The molecule has 0 saturated carbocycles. The molecule has 14 heteroatoms. The molecule has 0 aliphatic rings. The maximum atomic E-state index is 11.7. The first-order valence-electron chi connectivity index (χ1n) is 27.4. The van der Waals surface area contributed by atoms with Gasteiger partial charge in [-0.2, -0.15) is 0 Å². The molecule has 0 fully saturated rings. The summed E-state index contributed by atoms with van der Waals surface area (Å²) in [6, 6.07) is 58.5. The first-order chi connectivity index (χ1) is 40.7. The first kappa shape index (κ1) is 59.0. The number of nitrogens with one attached hydrogen (secondary N) is 4. The molecular formula is C70H62Cl2N4O8. The van der Waals surface area contributed by atoms with Gasteiger partial charge in [-0.15, -0.1) is 0 Å². The Morgan fingerprint density at radius 3 is 1.08 bits per heavy atom. The molecule has 84 heavy (non-hydrogen) atoms.